The minimum absolute atomic E-state index is 0.0705. The van der Waals surface area contributed by atoms with E-state index in [-0.39, 0.29) is 5.57 Å². The largest absolute Gasteiger partial charge is 0.360 e. The summed E-state index contributed by atoms with van der Waals surface area (Å²) in [5.74, 6) is 0. The van der Waals surface area contributed by atoms with Crippen molar-refractivity contribution >= 4 is 5.69 Å². The number of hydrogen-bond acceptors (Lipinski definition) is 4. The van der Waals surface area contributed by atoms with E-state index >= 15 is 0 Å². The predicted molar refractivity (Wildman–Crippen MR) is 73.9 cm³/mol. The molecule has 1 N–H and O–H groups in total. The third-order valence-corrected chi connectivity index (χ3v) is 3.18. The van der Waals surface area contributed by atoms with Crippen LogP contribution in [0, 0.1) is 22.7 Å². The molecule has 1 heterocycles. The Morgan fingerprint density at radius 3 is 2.37 bits per heavy atom. The van der Waals surface area contributed by atoms with Crippen LogP contribution in [0.3, 0.4) is 0 Å². The number of anilines is 1. The van der Waals surface area contributed by atoms with Crippen molar-refractivity contribution in [3.8, 4) is 12.1 Å². The van der Waals surface area contributed by atoms with Gasteiger partial charge in [-0.15, -0.1) is 0 Å². The number of nitriles is 2. The summed E-state index contributed by atoms with van der Waals surface area (Å²) >= 11 is 0. The van der Waals surface area contributed by atoms with Crippen molar-refractivity contribution in [1.82, 2.24) is 4.90 Å². The molecule has 1 aromatic carbocycles. The van der Waals surface area contributed by atoms with Gasteiger partial charge in [0.25, 0.3) is 0 Å². The Balaban J connectivity index is 1.93. The van der Waals surface area contributed by atoms with Gasteiger partial charge < -0.3 is 5.32 Å². The van der Waals surface area contributed by atoms with Gasteiger partial charge in [-0.2, -0.15) is 10.5 Å². The van der Waals surface area contributed by atoms with Crippen LogP contribution in [0.5, 0.6) is 0 Å². The van der Waals surface area contributed by atoms with Crippen LogP contribution in [0.4, 0.5) is 5.69 Å². The summed E-state index contributed by atoms with van der Waals surface area (Å²) in [6.45, 7) is 3.38. The Kier molecular flexibility index (Phi) is 4.55. The summed E-state index contributed by atoms with van der Waals surface area (Å²) in [6.07, 6.45) is 4.03. The molecule has 1 aliphatic rings. The van der Waals surface area contributed by atoms with Crippen LogP contribution in [-0.2, 0) is 6.54 Å². The highest BCUT2D eigenvalue weighted by atomic mass is 15.1. The molecule has 0 saturated carbocycles. The monoisotopic (exact) mass is 252 g/mol. The molecular weight excluding hydrogens is 236 g/mol. The van der Waals surface area contributed by atoms with Crippen LogP contribution in [0.2, 0.25) is 0 Å². The van der Waals surface area contributed by atoms with E-state index in [1.165, 1.54) is 37.7 Å². The van der Waals surface area contributed by atoms with Crippen molar-refractivity contribution in [2.75, 3.05) is 18.4 Å². The van der Waals surface area contributed by atoms with Crippen molar-refractivity contribution in [1.29, 1.82) is 10.5 Å². The first-order chi connectivity index (χ1) is 9.31. The quantitative estimate of drug-likeness (QED) is 0.837. The Hall–Kier alpha value is -2.30. The fourth-order valence-electron chi connectivity index (χ4n) is 2.15. The molecule has 1 aliphatic heterocycles. The van der Waals surface area contributed by atoms with E-state index in [1.807, 2.05) is 24.3 Å². The fraction of sp³-hybridized carbons (Fsp3) is 0.333. The smallest absolute Gasteiger partial charge is 0.145 e. The van der Waals surface area contributed by atoms with Crippen LogP contribution in [0.15, 0.2) is 36.0 Å². The Labute approximate surface area is 113 Å². The number of likely N-dealkylation sites (tertiary alicyclic amines) is 1. The topological polar surface area (TPSA) is 62.9 Å². The fourth-order valence-corrected chi connectivity index (χ4v) is 2.15. The summed E-state index contributed by atoms with van der Waals surface area (Å²) in [4.78, 5) is 2.45. The molecule has 0 atom stereocenters. The third kappa shape index (κ3) is 3.84. The summed E-state index contributed by atoms with van der Waals surface area (Å²) in [7, 11) is 0. The van der Waals surface area contributed by atoms with Gasteiger partial charge in [0.05, 0.1) is 0 Å². The minimum Gasteiger partial charge on any atom is -0.360 e. The van der Waals surface area contributed by atoms with Crippen LogP contribution >= 0.6 is 0 Å². The van der Waals surface area contributed by atoms with Crippen molar-refractivity contribution in [3.63, 3.8) is 0 Å². The summed E-state index contributed by atoms with van der Waals surface area (Å²) < 4.78 is 0. The molecule has 19 heavy (non-hydrogen) atoms. The summed E-state index contributed by atoms with van der Waals surface area (Å²) in [6, 6.07) is 11.7. The molecule has 0 aromatic heterocycles. The molecule has 1 aromatic rings. The Morgan fingerprint density at radius 2 is 1.79 bits per heavy atom. The average molecular weight is 252 g/mol. The van der Waals surface area contributed by atoms with E-state index in [4.69, 9.17) is 10.5 Å². The van der Waals surface area contributed by atoms with Gasteiger partial charge >= 0.3 is 0 Å². The van der Waals surface area contributed by atoms with Crippen molar-refractivity contribution in [2.45, 2.75) is 19.4 Å². The third-order valence-electron chi connectivity index (χ3n) is 3.18. The van der Waals surface area contributed by atoms with Gasteiger partial charge in [-0.3, -0.25) is 4.90 Å². The van der Waals surface area contributed by atoms with Gasteiger partial charge in [-0.05, 0) is 43.6 Å². The normalized spacial score (nSPS) is 14.4. The highest BCUT2D eigenvalue weighted by molar-refractivity contribution is 5.50. The zero-order chi connectivity index (χ0) is 13.5. The molecule has 2 rings (SSSR count). The van der Waals surface area contributed by atoms with Gasteiger partial charge in [0, 0.05) is 18.4 Å². The summed E-state index contributed by atoms with van der Waals surface area (Å²) in [5, 5.41) is 20.2. The van der Waals surface area contributed by atoms with Gasteiger partial charge in [-0.25, -0.2) is 0 Å². The number of nitrogens with one attached hydrogen (secondary N) is 1. The van der Waals surface area contributed by atoms with E-state index in [0.29, 0.717) is 0 Å². The van der Waals surface area contributed by atoms with Crippen LogP contribution < -0.4 is 5.32 Å². The first-order valence-corrected chi connectivity index (χ1v) is 6.40. The van der Waals surface area contributed by atoms with E-state index in [2.05, 4.69) is 22.3 Å². The maximum Gasteiger partial charge on any atom is 0.145 e. The van der Waals surface area contributed by atoms with E-state index in [0.717, 1.165) is 12.2 Å². The second kappa shape index (κ2) is 6.58. The predicted octanol–water partition coefficient (Wildman–Crippen LogP) is 2.63. The lowest BCUT2D eigenvalue weighted by Gasteiger charge is -2.14. The molecule has 0 unspecified atom stereocenters. The molecule has 4 heteroatoms. The van der Waals surface area contributed by atoms with Gasteiger partial charge in [0.2, 0.25) is 0 Å². The van der Waals surface area contributed by atoms with E-state index in [9.17, 15) is 0 Å². The van der Waals surface area contributed by atoms with Crippen LogP contribution in [0.1, 0.15) is 18.4 Å². The van der Waals surface area contributed by atoms with E-state index in [1.54, 1.807) is 0 Å². The standard InChI is InChI=1S/C15H16N4/c16-9-14(10-17)11-18-15-5-3-13(4-6-15)12-19-7-1-2-8-19/h3-6,11,18H,1-2,7-8,12H2. The van der Waals surface area contributed by atoms with Gasteiger partial charge in [0.1, 0.15) is 17.7 Å². The average Bonchev–Trinajstić information content (AvgIpc) is 2.95. The second-order valence-corrected chi connectivity index (χ2v) is 4.61. The molecule has 0 bridgehead atoms. The van der Waals surface area contributed by atoms with Crippen LogP contribution in [-0.4, -0.2) is 18.0 Å². The van der Waals surface area contributed by atoms with Crippen LogP contribution in [0.25, 0.3) is 0 Å². The molecule has 0 radical (unpaired) electrons. The molecule has 0 aliphatic carbocycles. The first-order valence-electron chi connectivity index (χ1n) is 6.40. The SMILES string of the molecule is N#CC(C#N)=CNc1ccc(CN2CCCC2)cc1. The minimum atomic E-state index is 0.0705. The summed E-state index contributed by atoms with van der Waals surface area (Å²) in [5.41, 5.74) is 2.24. The zero-order valence-electron chi connectivity index (χ0n) is 10.8. The lowest BCUT2D eigenvalue weighted by atomic mass is 10.2. The highest BCUT2D eigenvalue weighted by Gasteiger charge is 2.11. The molecule has 1 fully saturated rings. The lowest BCUT2D eigenvalue weighted by molar-refractivity contribution is 0.331. The van der Waals surface area contributed by atoms with Gasteiger partial charge in [0.15, 0.2) is 0 Å². The number of hydrogen-bond donors (Lipinski definition) is 1. The maximum absolute atomic E-state index is 8.62. The Bertz CT molecular complexity index is 509. The Morgan fingerprint density at radius 1 is 1.16 bits per heavy atom. The van der Waals surface area contributed by atoms with Crippen molar-refractivity contribution in [3.05, 3.63) is 41.6 Å². The number of nitrogens with zero attached hydrogens (tertiary/aromatic N) is 3. The zero-order valence-corrected chi connectivity index (χ0v) is 10.8. The lowest BCUT2D eigenvalue weighted by Crippen LogP contribution is -2.18. The van der Waals surface area contributed by atoms with Crippen molar-refractivity contribution < 1.29 is 0 Å². The number of benzene rings is 1. The molecule has 1 saturated heterocycles. The second-order valence-electron chi connectivity index (χ2n) is 4.61. The number of allylic oxidation sites excluding steroid dienone is 1. The van der Waals surface area contributed by atoms with E-state index < -0.39 is 0 Å². The first kappa shape index (κ1) is 13.1. The van der Waals surface area contributed by atoms with Gasteiger partial charge in [-0.1, -0.05) is 12.1 Å². The molecule has 0 spiro atoms. The highest BCUT2D eigenvalue weighted by Crippen LogP contribution is 2.15. The van der Waals surface area contributed by atoms with Crippen molar-refractivity contribution in [2.24, 2.45) is 0 Å². The molecular formula is C15H16N4. The maximum atomic E-state index is 8.62. The number of rotatable bonds is 4. The molecule has 96 valence electrons. The molecule has 0 amide bonds. The molecule has 4 nitrogen and oxygen atoms in total.